The summed E-state index contributed by atoms with van der Waals surface area (Å²) in [5.41, 5.74) is 2.30. The third-order valence-electron chi connectivity index (χ3n) is 6.37. The van der Waals surface area contributed by atoms with E-state index in [1.165, 1.54) is 0 Å². The highest BCUT2D eigenvalue weighted by molar-refractivity contribution is 9.10. The van der Waals surface area contributed by atoms with Crippen molar-refractivity contribution in [3.63, 3.8) is 0 Å². The number of hydrogen-bond acceptors (Lipinski definition) is 6. The molecule has 0 spiro atoms. The number of allylic oxidation sites excluding steroid dienone is 2. The maximum atomic E-state index is 14.7. The molecule has 40 heavy (non-hydrogen) atoms. The fourth-order valence-electron chi connectivity index (χ4n) is 4.48. The molecule has 1 aliphatic carbocycles. The van der Waals surface area contributed by atoms with Crippen LogP contribution in [0.4, 0.5) is 13.6 Å². The van der Waals surface area contributed by atoms with Crippen LogP contribution in [0.5, 0.6) is 0 Å². The molecule has 0 aromatic carbocycles. The Morgan fingerprint density at radius 3 is 2.70 bits per heavy atom. The van der Waals surface area contributed by atoms with Gasteiger partial charge in [-0.25, -0.2) is 4.79 Å². The Balaban J connectivity index is 1.56. The van der Waals surface area contributed by atoms with Crippen LogP contribution in [0.1, 0.15) is 61.3 Å². The maximum Gasteiger partial charge on any atom is 0.434 e. The summed E-state index contributed by atoms with van der Waals surface area (Å²) in [6, 6.07) is 7.29. The fraction of sp³-hybridized carbons (Fsp3) is 0.414. The fourth-order valence-corrected chi connectivity index (χ4v) is 4.81. The zero-order valence-corrected chi connectivity index (χ0v) is 24.5. The monoisotopic (exact) mass is 615 g/mol. The number of amides is 2. The van der Waals surface area contributed by atoms with Crippen molar-refractivity contribution in [3.05, 3.63) is 81.5 Å². The van der Waals surface area contributed by atoms with E-state index in [2.05, 4.69) is 42.3 Å². The number of carbonyl (C=O) groups is 2. The van der Waals surface area contributed by atoms with Crippen LogP contribution in [0.2, 0.25) is 0 Å². The summed E-state index contributed by atoms with van der Waals surface area (Å²) in [4.78, 5) is 39.1. The van der Waals surface area contributed by atoms with Crippen molar-refractivity contribution in [2.24, 2.45) is 4.99 Å². The highest BCUT2D eigenvalue weighted by Crippen LogP contribution is 2.32. The molecule has 2 aliphatic rings. The van der Waals surface area contributed by atoms with Crippen LogP contribution in [0.15, 0.2) is 69.5 Å². The maximum absolute atomic E-state index is 14.7. The summed E-state index contributed by atoms with van der Waals surface area (Å²) in [5.74, 6) is -3.63. The van der Waals surface area contributed by atoms with Gasteiger partial charge in [0.25, 0.3) is 11.8 Å². The van der Waals surface area contributed by atoms with Crippen LogP contribution >= 0.6 is 15.9 Å². The lowest BCUT2D eigenvalue weighted by Crippen LogP contribution is -2.48. The first kappa shape index (κ1) is 29.7. The quantitative estimate of drug-likeness (QED) is 0.444. The molecule has 212 valence electrons. The van der Waals surface area contributed by atoms with Gasteiger partial charge in [-0.05, 0) is 69.5 Å². The molecule has 1 atom stereocenters. The first-order valence-electron chi connectivity index (χ1n) is 13.0. The minimum Gasteiger partial charge on any atom is -0.442 e. The van der Waals surface area contributed by atoms with Gasteiger partial charge in [0.1, 0.15) is 17.0 Å². The second-order valence-electron chi connectivity index (χ2n) is 11.0. The van der Waals surface area contributed by atoms with E-state index < -0.39 is 29.7 Å². The van der Waals surface area contributed by atoms with Crippen LogP contribution < -0.4 is 5.32 Å². The molecule has 1 unspecified atom stereocenters. The van der Waals surface area contributed by atoms with Crippen molar-refractivity contribution < 1.29 is 23.1 Å². The van der Waals surface area contributed by atoms with Crippen molar-refractivity contribution in [2.45, 2.75) is 58.0 Å². The van der Waals surface area contributed by atoms with E-state index in [0.717, 1.165) is 21.3 Å². The Hall–Kier alpha value is -3.31. The smallest absolute Gasteiger partial charge is 0.434 e. The minimum absolute atomic E-state index is 0.0833. The predicted octanol–water partition coefficient (Wildman–Crippen LogP) is 5.99. The Labute approximate surface area is 240 Å². The highest BCUT2D eigenvalue weighted by atomic mass is 79.9. The van der Waals surface area contributed by atoms with Crippen molar-refractivity contribution in [1.29, 1.82) is 0 Å². The Morgan fingerprint density at radius 1 is 1.25 bits per heavy atom. The molecule has 0 radical (unpaired) electrons. The van der Waals surface area contributed by atoms with Gasteiger partial charge in [0, 0.05) is 60.2 Å². The number of aliphatic imine (C=N–C) groups is 1. The number of hydrogen-bond donors (Lipinski definition) is 1. The number of aryl methyl sites for hydroxylation is 1. The number of pyridine rings is 2. The molecule has 3 heterocycles. The van der Waals surface area contributed by atoms with Gasteiger partial charge < -0.3 is 10.1 Å². The summed E-state index contributed by atoms with van der Waals surface area (Å²) in [5, 5.41) is 2.96. The first-order valence-corrected chi connectivity index (χ1v) is 13.7. The van der Waals surface area contributed by atoms with Gasteiger partial charge >= 0.3 is 6.09 Å². The van der Waals surface area contributed by atoms with Gasteiger partial charge in [0.2, 0.25) is 0 Å². The molecule has 11 heteroatoms. The molecule has 1 fully saturated rings. The molecule has 4 rings (SSSR count). The molecule has 1 N–H and O–H groups in total. The van der Waals surface area contributed by atoms with Gasteiger partial charge in [-0.15, -0.1) is 0 Å². The normalized spacial score (nSPS) is 20.5. The van der Waals surface area contributed by atoms with Gasteiger partial charge in [-0.2, -0.15) is 13.8 Å². The van der Waals surface area contributed by atoms with Crippen LogP contribution in [-0.2, 0) is 4.74 Å². The van der Waals surface area contributed by atoms with E-state index in [1.54, 1.807) is 39.1 Å². The highest BCUT2D eigenvalue weighted by Gasteiger charge is 2.42. The summed E-state index contributed by atoms with van der Waals surface area (Å²) < 4.78 is 35.2. The number of piperidine rings is 1. The number of rotatable bonds is 5. The zero-order valence-electron chi connectivity index (χ0n) is 22.9. The van der Waals surface area contributed by atoms with Gasteiger partial charge in [0.05, 0.1) is 0 Å². The summed E-state index contributed by atoms with van der Waals surface area (Å²) in [7, 11) is 0. The molecular weight excluding hydrogens is 584 g/mol. The van der Waals surface area contributed by atoms with Crippen molar-refractivity contribution in [2.75, 3.05) is 19.6 Å². The third kappa shape index (κ3) is 8.11. The predicted molar refractivity (Wildman–Crippen MR) is 152 cm³/mol. The lowest BCUT2D eigenvalue weighted by molar-refractivity contribution is 0.0344. The second-order valence-corrected chi connectivity index (χ2v) is 11.9. The number of aromatic nitrogens is 2. The molecule has 0 saturated carbocycles. The van der Waals surface area contributed by atoms with E-state index in [-0.39, 0.29) is 30.6 Å². The van der Waals surface area contributed by atoms with Crippen LogP contribution in [-0.4, -0.2) is 63.7 Å². The SMILES string of the molecule is Cc1ccc(C2C=C(CN3CCC(F)(F)/C(=N/C(=O)OC(C)(C)C)C3)C=C(NC(=O)c3cc(Br)ccn3)C2)cn1. The zero-order chi connectivity index (χ0) is 29.1. The minimum atomic E-state index is -3.20. The molecular formula is C29H32BrF2N5O3. The molecule has 2 amide bonds. The molecule has 2 aromatic rings. The average Bonchev–Trinajstić information content (AvgIpc) is 2.85. The number of nitrogens with one attached hydrogen (secondary N) is 1. The first-order chi connectivity index (χ1) is 18.8. The van der Waals surface area contributed by atoms with Crippen LogP contribution in [0.3, 0.4) is 0 Å². The van der Waals surface area contributed by atoms with Gasteiger partial charge in [0.15, 0.2) is 0 Å². The van der Waals surface area contributed by atoms with Crippen molar-refractivity contribution in [3.8, 4) is 0 Å². The molecule has 2 aromatic heterocycles. The molecule has 0 bridgehead atoms. The Bertz CT molecular complexity index is 1370. The number of likely N-dealkylation sites (tertiary alicyclic amines) is 1. The lowest BCUT2D eigenvalue weighted by Gasteiger charge is -2.34. The van der Waals surface area contributed by atoms with Gasteiger partial charge in [-0.1, -0.05) is 28.1 Å². The Kier molecular flexibility index (Phi) is 8.94. The molecule has 8 nitrogen and oxygen atoms in total. The lowest BCUT2D eigenvalue weighted by atomic mass is 9.88. The number of ether oxygens (including phenoxy) is 1. The van der Waals surface area contributed by atoms with E-state index in [1.807, 2.05) is 36.2 Å². The number of nitrogens with zero attached hydrogens (tertiary/aromatic N) is 4. The summed E-state index contributed by atoms with van der Waals surface area (Å²) >= 11 is 3.36. The average molecular weight is 617 g/mol. The molecule has 1 saturated heterocycles. The number of carbonyl (C=O) groups excluding carboxylic acids is 2. The van der Waals surface area contributed by atoms with E-state index >= 15 is 0 Å². The van der Waals surface area contributed by atoms with E-state index in [0.29, 0.717) is 18.7 Å². The van der Waals surface area contributed by atoms with E-state index in [9.17, 15) is 18.4 Å². The summed E-state index contributed by atoms with van der Waals surface area (Å²) in [6.07, 6.45) is 6.32. The van der Waals surface area contributed by atoms with Crippen molar-refractivity contribution >= 4 is 33.6 Å². The second kappa shape index (κ2) is 12.1. The third-order valence-corrected chi connectivity index (χ3v) is 6.86. The van der Waals surface area contributed by atoms with Crippen LogP contribution in [0.25, 0.3) is 0 Å². The van der Waals surface area contributed by atoms with Crippen LogP contribution in [0, 0.1) is 6.92 Å². The topological polar surface area (TPSA) is 96.8 Å². The van der Waals surface area contributed by atoms with Gasteiger partial charge in [-0.3, -0.25) is 19.7 Å². The van der Waals surface area contributed by atoms with E-state index in [4.69, 9.17) is 4.74 Å². The standard InChI is InChI=1S/C29H32BrF2N5O3/c1-18-5-6-20(15-34-18)21-11-19(12-23(13-21)35-26(38)24-14-22(30)7-9-33-24)16-37-10-8-29(31,32)25(17-37)36-27(39)40-28(2,3)4/h5-7,9,11-12,14-15,21H,8,10,13,16-17H2,1-4H3,(H,35,38)/b36-25+. The van der Waals surface area contributed by atoms with Crippen molar-refractivity contribution in [1.82, 2.24) is 20.2 Å². The summed E-state index contributed by atoms with van der Waals surface area (Å²) in [6.45, 7) is 7.13. The number of halogens is 3. The Morgan fingerprint density at radius 2 is 2.02 bits per heavy atom. The molecule has 1 aliphatic heterocycles. The largest absolute Gasteiger partial charge is 0.442 e. The number of alkyl halides is 2.